The highest BCUT2D eigenvalue weighted by Gasteiger charge is 2.25. The summed E-state index contributed by atoms with van der Waals surface area (Å²) >= 11 is 5.46. The van der Waals surface area contributed by atoms with E-state index in [2.05, 4.69) is 60.2 Å². The smallest absolute Gasteiger partial charge is 0.107 e. The molecule has 19 heavy (non-hydrogen) atoms. The molecule has 1 aromatic carbocycles. The Morgan fingerprint density at radius 1 is 1.37 bits per heavy atom. The van der Waals surface area contributed by atoms with Crippen molar-refractivity contribution < 1.29 is 0 Å². The van der Waals surface area contributed by atoms with Crippen LogP contribution in [0.4, 0.5) is 0 Å². The van der Waals surface area contributed by atoms with Gasteiger partial charge in [-0.05, 0) is 32.4 Å². The Kier molecular flexibility index (Phi) is 3.28. The first kappa shape index (κ1) is 13.3. The minimum absolute atomic E-state index is 0.136. The van der Waals surface area contributed by atoms with Crippen molar-refractivity contribution in [3.8, 4) is 11.3 Å². The standard InChI is InChI=1S/C15H17BrN2S/c1-15(2,3)17-8-13-18-14-9-5-4-6-11(16)10(9)7-12(14)19-13/h4-6,17H,7-8H2,1-3H3. The van der Waals surface area contributed by atoms with Crippen LogP contribution in [0.2, 0.25) is 0 Å². The van der Waals surface area contributed by atoms with E-state index in [9.17, 15) is 0 Å². The fourth-order valence-corrected chi connectivity index (χ4v) is 3.81. The second kappa shape index (κ2) is 4.69. The van der Waals surface area contributed by atoms with Crippen LogP contribution in [0.1, 0.15) is 36.2 Å². The maximum absolute atomic E-state index is 4.81. The fourth-order valence-electron chi connectivity index (χ4n) is 2.27. The van der Waals surface area contributed by atoms with Crippen molar-refractivity contribution in [1.82, 2.24) is 10.3 Å². The molecular formula is C15H17BrN2S. The lowest BCUT2D eigenvalue weighted by atomic mass is 10.1. The number of benzene rings is 1. The SMILES string of the molecule is CC(C)(C)NCc1nc2c(s1)Cc1c(Br)cccc1-2. The summed E-state index contributed by atoms with van der Waals surface area (Å²) in [7, 11) is 0. The number of hydrogen-bond acceptors (Lipinski definition) is 3. The molecule has 0 amide bonds. The van der Waals surface area contributed by atoms with Crippen LogP contribution in [0, 0.1) is 0 Å². The normalized spacial score (nSPS) is 13.5. The highest BCUT2D eigenvalue weighted by Crippen LogP contribution is 2.42. The molecular weight excluding hydrogens is 320 g/mol. The quantitative estimate of drug-likeness (QED) is 0.751. The number of rotatable bonds is 2. The molecule has 0 saturated carbocycles. The van der Waals surface area contributed by atoms with Crippen molar-refractivity contribution in [1.29, 1.82) is 0 Å². The molecule has 2 nitrogen and oxygen atoms in total. The first-order valence-corrected chi connectivity index (χ1v) is 8.06. The molecule has 0 fully saturated rings. The van der Waals surface area contributed by atoms with Crippen molar-refractivity contribution in [2.75, 3.05) is 0 Å². The molecule has 1 aromatic heterocycles. The highest BCUT2D eigenvalue weighted by atomic mass is 79.9. The monoisotopic (exact) mass is 336 g/mol. The van der Waals surface area contributed by atoms with Gasteiger partial charge >= 0.3 is 0 Å². The number of nitrogens with one attached hydrogen (secondary N) is 1. The zero-order valence-electron chi connectivity index (χ0n) is 11.4. The molecule has 100 valence electrons. The van der Waals surface area contributed by atoms with E-state index in [-0.39, 0.29) is 5.54 Å². The van der Waals surface area contributed by atoms with Gasteiger partial charge in [-0.2, -0.15) is 0 Å². The molecule has 0 spiro atoms. The number of hydrogen-bond donors (Lipinski definition) is 1. The number of fused-ring (bicyclic) bond motifs is 3. The molecule has 1 heterocycles. The highest BCUT2D eigenvalue weighted by molar-refractivity contribution is 9.10. The third kappa shape index (κ3) is 2.62. The van der Waals surface area contributed by atoms with Crippen molar-refractivity contribution in [3.05, 3.63) is 38.1 Å². The zero-order valence-corrected chi connectivity index (χ0v) is 13.8. The summed E-state index contributed by atoms with van der Waals surface area (Å²) in [6.07, 6.45) is 1.01. The average molecular weight is 337 g/mol. The van der Waals surface area contributed by atoms with Crippen LogP contribution in [0.3, 0.4) is 0 Å². The van der Waals surface area contributed by atoms with Crippen LogP contribution in [-0.4, -0.2) is 10.5 Å². The first-order chi connectivity index (χ1) is 8.94. The Hall–Kier alpha value is -0.710. The van der Waals surface area contributed by atoms with Crippen LogP contribution in [0.5, 0.6) is 0 Å². The van der Waals surface area contributed by atoms with Crippen LogP contribution in [0.15, 0.2) is 22.7 Å². The largest absolute Gasteiger partial charge is 0.306 e. The third-order valence-corrected chi connectivity index (χ3v) is 5.02. The summed E-state index contributed by atoms with van der Waals surface area (Å²) in [5.74, 6) is 0. The molecule has 2 aromatic rings. The zero-order chi connectivity index (χ0) is 13.6. The summed E-state index contributed by atoms with van der Waals surface area (Å²) in [5, 5.41) is 4.69. The van der Waals surface area contributed by atoms with E-state index in [4.69, 9.17) is 4.98 Å². The van der Waals surface area contributed by atoms with Crippen LogP contribution < -0.4 is 5.32 Å². The maximum Gasteiger partial charge on any atom is 0.107 e. The Morgan fingerprint density at radius 3 is 2.89 bits per heavy atom. The number of halogens is 1. The van der Waals surface area contributed by atoms with Gasteiger partial charge < -0.3 is 5.32 Å². The summed E-state index contributed by atoms with van der Waals surface area (Å²) in [4.78, 5) is 6.21. The van der Waals surface area contributed by atoms with Gasteiger partial charge in [0.25, 0.3) is 0 Å². The molecule has 0 bridgehead atoms. The minimum Gasteiger partial charge on any atom is -0.306 e. The third-order valence-electron chi connectivity index (χ3n) is 3.22. The van der Waals surface area contributed by atoms with Gasteiger partial charge in [0, 0.05) is 33.4 Å². The fraction of sp³-hybridized carbons (Fsp3) is 0.400. The Balaban J connectivity index is 1.88. The molecule has 4 heteroatoms. The molecule has 1 aliphatic carbocycles. The average Bonchev–Trinajstić information content (AvgIpc) is 2.84. The van der Waals surface area contributed by atoms with E-state index in [1.807, 2.05) is 11.3 Å². The molecule has 0 radical (unpaired) electrons. The first-order valence-electron chi connectivity index (χ1n) is 6.45. The lowest BCUT2D eigenvalue weighted by molar-refractivity contribution is 0.424. The second-order valence-corrected chi connectivity index (χ2v) is 7.95. The molecule has 0 saturated heterocycles. The van der Waals surface area contributed by atoms with Gasteiger partial charge in [-0.3, -0.25) is 0 Å². The second-order valence-electron chi connectivity index (χ2n) is 5.93. The van der Waals surface area contributed by atoms with Crippen LogP contribution in [0.25, 0.3) is 11.3 Å². The van der Waals surface area contributed by atoms with Crippen molar-refractivity contribution in [3.63, 3.8) is 0 Å². The molecule has 0 aliphatic heterocycles. The number of thiazole rings is 1. The maximum atomic E-state index is 4.81. The molecule has 0 unspecified atom stereocenters. The van der Waals surface area contributed by atoms with Gasteiger partial charge in [0.1, 0.15) is 5.01 Å². The predicted octanol–water partition coefficient (Wildman–Crippen LogP) is 4.36. The van der Waals surface area contributed by atoms with Crippen LogP contribution >= 0.6 is 27.3 Å². The molecule has 1 N–H and O–H groups in total. The molecule has 3 rings (SSSR count). The topological polar surface area (TPSA) is 24.9 Å². The van der Waals surface area contributed by atoms with E-state index in [0.717, 1.165) is 13.0 Å². The van der Waals surface area contributed by atoms with E-state index < -0.39 is 0 Å². The van der Waals surface area contributed by atoms with Gasteiger partial charge in [-0.1, -0.05) is 28.1 Å². The van der Waals surface area contributed by atoms with E-state index in [0.29, 0.717) is 0 Å². The molecule has 0 atom stereocenters. The Morgan fingerprint density at radius 2 is 2.16 bits per heavy atom. The van der Waals surface area contributed by atoms with Gasteiger partial charge in [0.2, 0.25) is 0 Å². The van der Waals surface area contributed by atoms with E-state index in [1.54, 1.807) is 0 Å². The predicted molar refractivity (Wildman–Crippen MR) is 84.6 cm³/mol. The molecule has 1 aliphatic rings. The number of nitrogens with zero attached hydrogens (tertiary/aromatic N) is 1. The van der Waals surface area contributed by atoms with Gasteiger partial charge in [0.15, 0.2) is 0 Å². The van der Waals surface area contributed by atoms with Crippen molar-refractivity contribution >= 4 is 27.3 Å². The van der Waals surface area contributed by atoms with Gasteiger partial charge in [-0.25, -0.2) is 4.98 Å². The summed E-state index contributed by atoms with van der Waals surface area (Å²) < 4.78 is 1.20. The van der Waals surface area contributed by atoms with Crippen LogP contribution in [-0.2, 0) is 13.0 Å². The minimum atomic E-state index is 0.136. The Bertz CT molecular complexity index is 626. The number of aromatic nitrogens is 1. The van der Waals surface area contributed by atoms with E-state index >= 15 is 0 Å². The lowest BCUT2D eigenvalue weighted by Crippen LogP contribution is -2.35. The van der Waals surface area contributed by atoms with Gasteiger partial charge in [0.05, 0.1) is 5.69 Å². The summed E-state index contributed by atoms with van der Waals surface area (Å²) in [6, 6.07) is 6.37. The lowest BCUT2D eigenvalue weighted by Gasteiger charge is -2.19. The summed E-state index contributed by atoms with van der Waals surface area (Å²) in [6.45, 7) is 7.40. The van der Waals surface area contributed by atoms with Crippen molar-refractivity contribution in [2.45, 2.75) is 39.3 Å². The Labute approximate surface area is 126 Å². The van der Waals surface area contributed by atoms with Crippen molar-refractivity contribution in [2.24, 2.45) is 0 Å². The summed E-state index contributed by atoms with van der Waals surface area (Å²) in [5.41, 5.74) is 4.00. The van der Waals surface area contributed by atoms with E-state index in [1.165, 1.54) is 31.2 Å². The van der Waals surface area contributed by atoms with Gasteiger partial charge in [-0.15, -0.1) is 11.3 Å².